The molecule has 0 radical (unpaired) electrons. The Hall–Kier alpha value is -1.58. The number of guanidine groups is 1. The molecule has 3 rings (SSSR count). The van der Waals surface area contributed by atoms with E-state index in [1.54, 1.807) is 13.3 Å². The number of hydrogen-bond donors (Lipinski definition) is 2. The number of nitrogens with zero attached hydrogens (tertiary/aromatic N) is 4. The van der Waals surface area contributed by atoms with Crippen molar-refractivity contribution in [3.05, 3.63) is 35.8 Å². The number of nitrogens with one attached hydrogen (secondary N) is 2. The zero-order valence-electron chi connectivity index (χ0n) is 11.9. The molecule has 0 atom stereocenters. The monoisotopic (exact) mass is 402 g/mol. The van der Waals surface area contributed by atoms with E-state index in [1.165, 1.54) is 0 Å². The number of aromatic nitrogens is 3. The quantitative estimate of drug-likeness (QED) is 0.458. The van der Waals surface area contributed by atoms with Crippen LogP contribution in [0.5, 0.6) is 0 Å². The number of aryl methyl sites for hydroxylation is 1. The molecule has 1 aliphatic heterocycles. The number of furan rings is 1. The van der Waals surface area contributed by atoms with Gasteiger partial charge >= 0.3 is 0 Å². The first-order chi connectivity index (χ1) is 9.86. The first kappa shape index (κ1) is 15.8. The van der Waals surface area contributed by atoms with Gasteiger partial charge in [0.2, 0.25) is 0 Å². The van der Waals surface area contributed by atoms with Crippen LogP contribution >= 0.6 is 24.0 Å². The highest BCUT2D eigenvalue weighted by Crippen LogP contribution is 2.13. The van der Waals surface area contributed by atoms with Gasteiger partial charge in [0.1, 0.15) is 11.6 Å². The first-order valence-electron chi connectivity index (χ1n) is 6.74. The minimum atomic E-state index is 0. The van der Waals surface area contributed by atoms with Gasteiger partial charge in [-0.1, -0.05) is 0 Å². The van der Waals surface area contributed by atoms with E-state index in [0.717, 1.165) is 42.8 Å². The van der Waals surface area contributed by atoms with Gasteiger partial charge in [0.15, 0.2) is 11.8 Å². The number of rotatable bonds is 4. The van der Waals surface area contributed by atoms with E-state index in [2.05, 4.69) is 30.4 Å². The topological polar surface area (TPSA) is 80.3 Å². The summed E-state index contributed by atoms with van der Waals surface area (Å²) in [6.07, 6.45) is 3.84. The summed E-state index contributed by atoms with van der Waals surface area (Å²) >= 11 is 0. The highest BCUT2D eigenvalue weighted by molar-refractivity contribution is 14.0. The van der Waals surface area contributed by atoms with Crippen molar-refractivity contribution in [1.82, 2.24) is 25.4 Å². The van der Waals surface area contributed by atoms with Crippen LogP contribution in [-0.4, -0.2) is 27.8 Å². The lowest BCUT2D eigenvalue weighted by molar-refractivity contribution is 0.501. The van der Waals surface area contributed by atoms with Gasteiger partial charge in [0.25, 0.3) is 0 Å². The van der Waals surface area contributed by atoms with E-state index < -0.39 is 0 Å². The molecule has 0 unspecified atom stereocenters. The molecule has 2 N–H and O–H groups in total. The molecule has 0 aromatic carbocycles. The zero-order valence-corrected chi connectivity index (χ0v) is 14.2. The SMILES string of the molecule is CN=C(NCc1ccco1)NCc1nnc2n1CCC2.I. The Morgan fingerprint density at radius 2 is 2.24 bits per heavy atom. The van der Waals surface area contributed by atoms with Crippen molar-refractivity contribution < 1.29 is 4.42 Å². The fourth-order valence-corrected chi connectivity index (χ4v) is 2.31. The molecular weight excluding hydrogens is 383 g/mol. The van der Waals surface area contributed by atoms with Gasteiger partial charge in [0, 0.05) is 20.0 Å². The summed E-state index contributed by atoms with van der Waals surface area (Å²) < 4.78 is 7.44. The van der Waals surface area contributed by atoms with Gasteiger partial charge in [0.05, 0.1) is 19.4 Å². The van der Waals surface area contributed by atoms with E-state index in [-0.39, 0.29) is 24.0 Å². The molecule has 0 saturated carbocycles. The van der Waals surface area contributed by atoms with Crippen LogP contribution in [0.2, 0.25) is 0 Å². The Morgan fingerprint density at radius 3 is 3.00 bits per heavy atom. The Kier molecular flexibility index (Phi) is 5.59. The molecule has 0 spiro atoms. The Labute approximate surface area is 140 Å². The number of fused-ring (bicyclic) bond motifs is 1. The lowest BCUT2D eigenvalue weighted by Crippen LogP contribution is -2.36. The third-order valence-electron chi connectivity index (χ3n) is 3.33. The van der Waals surface area contributed by atoms with E-state index in [4.69, 9.17) is 4.42 Å². The normalized spacial score (nSPS) is 13.7. The molecule has 114 valence electrons. The second kappa shape index (κ2) is 7.43. The minimum Gasteiger partial charge on any atom is -0.467 e. The van der Waals surface area contributed by atoms with Crippen molar-refractivity contribution in [2.24, 2.45) is 4.99 Å². The van der Waals surface area contributed by atoms with Crippen LogP contribution in [0.15, 0.2) is 27.8 Å². The van der Waals surface area contributed by atoms with Crippen LogP contribution in [0, 0.1) is 0 Å². The van der Waals surface area contributed by atoms with Crippen molar-refractivity contribution in [3.8, 4) is 0 Å². The number of hydrogen-bond acceptors (Lipinski definition) is 4. The number of aliphatic imine (C=N–C) groups is 1. The lowest BCUT2D eigenvalue weighted by atomic mass is 10.4. The van der Waals surface area contributed by atoms with Gasteiger partial charge in [-0.15, -0.1) is 34.2 Å². The fourth-order valence-electron chi connectivity index (χ4n) is 2.31. The van der Waals surface area contributed by atoms with Crippen LogP contribution in [-0.2, 0) is 26.1 Å². The van der Waals surface area contributed by atoms with Crippen molar-refractivity contribution in [1.29, 1.82) is 0 Å². The van der Waals surface area contributed by atoms with Crippen LogP contribution in [0.25, 0.3) is 0 Å². The maximum absolute atomic E-state index is 5.27. The standard InChI is InChI=1S/C13H18N6O.HI/c1-14-13(15-8-10-4-3-7-20-10)16-9-12-18-17-11-5-2-6-19(11)12;/h3-4,7H,2,5-6,8-9H2,1H3,(H2,14,15,16);1H. The molecule has 3 heterocycles. The molecule has 0 aliphatic carbocycles. The van der Waals surface area contributed by atoms with Crippen LogP contribution in [0.1, 0.15) is 23.8 Å². The third kappa shape index (κ3) is 3.74. The molecule has 0 amide bonds. The van der Waals surface area contributed by atoms with Gasteiger partial charge < -0.3 is 19.6 Å². The highest BCUT2D eigenvalue weighted by atomic mass is 127. The predicted octanol–water partition coefficient (Wildman–Crippen LogP) is 1.30. The second-order valence-corrected chi connectivity index (χ2v) is 4.65. The molecule has 0 bridgehead atoms. The van der Waals surface area contributed by atoms with Crippen LogP contribution in [0.4, 0.5) is 0 Å². The van der Waals surface area contributed by atoms with Crippen LogP contribution in [0.3, 0.4) is 0 Å². The summed E-state index contributed by atoms with van der Waals surface area (Å²) in [7, 11) is 1.74. The second-order valence-electron chi connectivity index (χ2n) is 4.65. The Morgan fingerprint density at radius 1 is 1.38 bits per heavy atom. The smallest absolute Gasteiger partial charge is 0.191 e. The fraction of sp³-hybridized carbons (Fsp3) is 0.462. The van der Waals surface area contributed by atoms with Gasteiger partial charge in [-0.3, -0.25) is 4.99 Å². The van der Waals surface area contributed by atoms with Crippen molar-refractivity contribution >= 4 is 29.9 Å². The molecule has 2 aromatic rings. The molecule has 0 fully saturated rings. The summed E-state index contributed by atoms with van der Waals surface area (Å²) in [5, 5.41) is 14.8. The Bertz CT molecular complexity index is 592. The largest absolute Gasteiger partial charge is 0.467 e. The number of halogens is 1. The van der Waals surface area contributed by atoms with Gasteiger partial charge in [-0.25, -0.2) is 0 Å². The molecule has 0 saturated heterocycles. The van der Waals surface area contributed by atoms with E-state index in [0.29, 0.717) is 13.1 Å². The summed E-state index contributed by atoms with van der Waals surface area (Å²) in [5.74, 6) is 3.63. The molecule has 1 aliphatic rings. The van der Waals surface area contributed by atoms with Crippen molar-refractivity contribution in [3.63, 3.8) is 0 Å². The van der Waals surface area contributed by atoms with E-state index in [9.17, 15) is 0 Å². The van der Waals surface area contributed by atoms with E-state index >= 15 is 0 Å². The maximum atomic E-state index is 5.27. The summed E-state index contributed by atoms with van der Waals surface area (Å²) in [6.45, 7) is 2.23. The summed E-state index contributed by atoms with van der Waals surface area (Å²) in [5.41, 5.74) is 0. The van der Waals surface area contributed by atoms with Crippen molar-refractivity contribution in [2.45, 2.75) is 32.5 Å². The lowest BCUT2D eigenvalue weighted by Gasteiger charge is -2.10. The third-order valence-corrected chi connectivity index (χ3v) is 3.33. The Balaban J connectivity index is 0.00000161. The summed E-state index contributed by atoms with van der Waals surface area (Å²) in [6, 6.07) is 3.79. The minimum absolute atomic E-state index is 0. The molecule has 2 aromatic heterocycles. The van der Waals surface area contributed by atoms with Gasteiger partial charge in [-0.2, -0.15) is 0 Å². The predicted molar refractivity (Wildman–Crippen MR) is 89.5 cm³/mol. The van der Waals surface area contributed by atoms with Crippen LogP contribution < -0.4 is 10.6 Å². The van der Waals surface area contributed by atoms with Crippen molar-refractivity contribution in [2.75, 3.05) is 7.05 Å². The zero-order chi connectivity index (χ0) is 13.8. The average molecular weight is 402 g/mol. The molecular formula is C13H19IN6O. The maximum Gasteiger partial charge on any atom is 0.191 e. The molecule has 8 heteroatoms. The van der Waals surface area contributed by atoms with Gasteiger partial charge in [-0.05, 0) is 18.6 Å². The molecule has 21 heavy (non-hydrogen) atoms. The highest BCUT2D eigenvalue weighted by Gasteiger charge is 2.16. The first-order valence-corrected chi connectivity index (χ1v) is 6.74. The molecule has 7 nitrogen and oxygen atoms in total. The average Bonchev–Trinajstić information content (AvgIpc) is 3.17. The summed E-state index contributed by atoms with van der Waals surface area (Å²) in [4.78, 5) is 4.18. The van der Waals surface area contributed by atoms with E-state index in [1.807, 2.05) is 12.1 Å².